The van der Waals surface area contributed by atoms with E-state index in [2.05, 4.69) is 16.0 Å². The average Bonchev–Trinajstić information content (AvgIpc) is 3.31. The Morgan fingerprint density at radius 1 is 1.07 bits per heavy atom. The van der Waals surface area contributed by atoms with Gasteiger partial charge in [-0.15, -0.1) is 0 Å². The van der Waals surface area contributed by atoms with E-state index in [9.17, 15) is 30.3 Å². The molecular formula is C28H53N7O10. The first-order chi connectivity index (χ1) is 21.2. The Balaban J connectivity index is 1.43. The number of nitrogens with one attached hydrogen (secondary N) is 3. The molecular weight excluding hydrogens is 594 g/mol. The summed E-state index contributed by atoms with van der Waals surface area (Å²) in [4.78, 5) is 12.6. The number of aliphatic hydroxyl groups excluding tert-OH is 4. The van der Waals surface area contributed by atoms with E-state index in [4.69, 9.17) is 41.9 Å². The second-order valence-electron chi connectivity index (χ2n) is 13.0. The molecule has 0 bridgehead atoms. The smallest absolute Gasteiger partial charge is 0.250 e. The molecule has 260 valence electrons. The van der Waals surface area contributed by atoms with Gasteiger partial charge in [0.2, 0.25) is 12.2 Å². The summed E-state index contributed by atoms with van der Waals surface area (Å²) in [5.41, 5.74) is 22.7. The van der Waals surface area contributed by atoms with Gasteiger partial charge in [0.25, 0.3) is 0 Å². The summed E-state index contributed by atoms with van der Waals surface area (Å²) in [6.45, 7) is 2.03. The Morgan fingerprint density at radius 2 is 1.78 bits per heavy atom. The van der Waals surface area contributed by atoms with Crippen molar-refractivity contribution < 1.29 is 49.3 Å². The largest absolute Gasteiger partial charge is 0.467 e. The number of rotatable bonds is 12. The number of amides is 1. The van der Waals surface area contributed by atoms with Gasteiger partial charge in [-0.2, -0.15) is 0 Å². The lowest BCUT2D eigenvalue weighted by Gasteiger charge is -2.48. The van der Waals surface area contributed by atoms with Crippen molar-refractivity contribution in [2.75, 3.05) is 33.3 Å². The van der Waals surface area contributed by atoms with Gasteiger partial charge >= 0.3 is 0 Å². The lowest BCUT2D eigenvalue weighted by atomic mass is 9.83. The van der Waals surface area contributed by atoms with Crippen LogP contribution in [-0.4, -0.2) is 150 Å². The third-order valence-electron chi connectivity index (χ3n) is 9.24. The maximum absolute atomic E-state index is 12.6. The minimum atomic E-state index is -1.50. The van der Waals surface area contributed by atoms with Crippen LogP contribution < -0.4 is 38.9 Å². The van der Waals surface area contributed by atoms with E-state index in [1.54, 1.807) is 7.05 Å². The van der Waals surface area contributed by atoms with E-state index in [-0.39, 0.29) is 31.5 Å². The molecule has 1 amide bonds. The molecule has 2 saturated carbocycles. The van der Waals surface area contributed by atoms with E-state index in [1.165, 1.54) is 6.92 Å². The molecule has 2 aliphatic carbocycles. The van der Waals surface area contributed by atoms with Crippen LogP contribution in [0.5, 0.6) is 0 Å². The molecule has 0 aromatic rings. The second-order valence-corrected chi connectivity index (χ2v) is 13.0. The summed E-state index contributed by atoms with van der Waals surface area (Å²) in [6, 6.07) is -3.39. The molecule has 16 N–H and O–H groups in total. The predicted molar refractivity (Wildman–Crippen MR) is 160 cm³/mol. The van der Waals surface area contributed by atoms with Crippen molar-refractivity contribution in [1.82, 2.24) is 16.0 Å². The fourth-order valence-corrected chi connectivity index (χ4v) is 6.63. The van der Waals surface area contributed by atoms with Crippen LogP contribution in [-0.2, 0) is 23.7 Å². The summed E-state index contributed by atoms with van der Waals surface area (Å²) in [7, 11) is 1.57. The van der Waals surface area contributed by atoms with Gasteiger partial charge in [0.05, 0.1) is 37.4 Å². The second kappa shape index (κ2) is 15.6. The average molecular weight is 648 g/mol. The highest BCUT2D eigenvalue weighted by atomic mass is 16.7. The van der Waals surface area contributed by atoms with E-state index in [1.807, 2.05) is 6.08 Å². The normalized spacial score (nSPS) is 44.6. The summed E-state index contributed by atoms with van der Waals surface area (Å²) in [5, 5.41) is 61.9. The SMILES string of the molecule is CN[C@@H]1[C@@H](O)[C@@H](O[C@@H]2[C@@H](O)[C@H](O[C@H]3OC(CNC[C@H]4C[C@@H](N)[C@@H](O)C4)=CC[C@H]3N)[C@@H](N)C[C@H]2NC(=O)[C@@H](O)CN)OC[C@]1(C)O. The highest BCUT2D eigenvalue weighted by Gasteiger charge is 2.52. The van der Waals surface area contributed by atoms with Crippen LogP contribution in [0, 0.1) is 5.92 Å². The number of likely N-dealkylation sites (N-methyl/N-ethyl adjacent to an activating group) is 1. The quantitative estimate of drug-likeness (QED) is 0.0939. The lowest BCUT2D eigenvalue weighted by molar-refractivity contribution is -0.304. The maximum atomic E-state index is 12.6. The zero-order valence-electron chi connectivity index (χ0n) is 25.9. The van der Waals surface area contributed by atoms with Gasteiger partial charge in [-0.05, 0) is 58.2 Å². The molecule has 0 unspecified atom stereocenters. The third kappa shape index (κ3) is 8.68. The van der Waals surface area contributed by atoms with Crippen molar-refractivity contribution in [3.8, 4) is 0 Å². The molecule has 4 aliphatic rings. The molecule has 2 heterocycles. The first kappa shape index (κ1) is 36.3. The number of hydrogen-bond donors (Lipinski definition) is 12. The van der Waals surface area contributed by atoms with Crippen molar-refractivity contribution >= 4 is 5.91 Å². The van der Waals surface area contributed by atoms with Crippen LogP contribution in [0.15, 0.2) is 11.8 Å². The number of carbonyl (C=O) groups excluding carboxylic acids is 1. The molecule has 0 aromatic carbocycles. The van der Waals surface area contributed by atoms with Crippen LogP contribution in [0.1, 0.15) is 32.6 Å². The number of carbonyl (C=O) groups is 1. The number of nitrogens with two attached hydrogens (primary N) is 4. The van der Waals surface area contributed by atoms with Gasteiger partial charge in [-0.3, -0.25) is 4.79 Å². The van der Waals surface area contributed by atoms with Crippen LogP contribution >= 0.6 is 0 Å². The van der Waals surface area contributed by atoms with Crippen LogP contribution in [0.3, 0.4) is 0 Å². The molecule has 17 heteroatoms. The van der Waals surface area contributed by atoms with Crippen molar-refractivity contribution in [3.05, 3.63) is 11.8 Å². The summed E-state index contributed by atoms with van der Waals surface area (Å²) in [6.07, 6.45) is -5.69. The topological polar surface area (TPSA) is 295 Å². The van der Waals surface area contributed by atoms with E-state index >= 15 is 0 Å². The minimum absolute atomic E-state index is 0.0486. The molecule has 0 spiro atoms. The minimum Gasteiger partial charge on any atom is -0.467 e. The summed E-state index contributed by atoms with van der Waals surface area (Å²) < 4.78 is 24.0. The number of hydrogen-bond acceptors (Lipinski definition) is 16. The molecule has 3 fully saturated rings. The van der Waals surface area contributed by atoms with Crippen LogP contribution in [0.25, 0.3) is 0 Å². The molecule has 0 radical (unpaired) electrons. The zero-order valence-corrected chi connectivity index (χ0v) is 25.9. The van der Waals surface area contributed by atoms with Crippen molar-refractivity contribution in [1.29, 1.82) is 0 Å². The Kier molecular flexibility index (Phi) is 12.6. The van der Waals surface area contributed by atoms with Crippen molar-refractivity contribution in [2.24, 2.45) is 28.9 Å². The van der Waals surface area contributed by atoms with Gasteiger partial charge < -0.3 is 83.4 Å². The number of ether oxygens (including phenoxy) is 4. The predicted octanol–water partition coefficient (Wildman–Crippen LogP) is -5.65. The first-order valence-electron chi connectivity index (χ1n) is 15.6. The highest BCUT2D eigenvalue weighted by molar-refractivity contribution is 5.81. The fraction of sp³-hybridized carbons (Fsp3) is 0.893. The van der Waals surface area contributed by atoms with Gasteiger partial charge in [0.15, 0.2) is 6.29 Å². The molecule has 45 heavy (non-hydrogen) atoms. The van der Waals surface area contributed by atoms with E-state index < -0.39 is 84.9 Å². The van der Waals surface area contributed by atoms with Crippen molar-refractivity contribution in [3.63, 3.8) is 0 Å². The van der Waals surface area contributed by atoms with Gasteiger partial charge in [-0.1, -0.05) is 0 Å². The zero-order chi connectivity index (χ0) is 33.1. The maximum Gasteiger partial charge on any atom is 0.250 e. The molecule has 0 aromatic heterocycles. The van der Waals surface area contributed by atoms with Gasteiger partial charge in [0.1, 0.15) is 41.9 Å². The van der Waals surface area contributed by atoms with E-state index in [0.29, 0.717) is 31.7 Å². The molecule has 15 atom stereocenters. The van der Waals surface area contributed by atoms with Gasteiger partial charge in [-0.25, -0.2) is 0 Å². The first-order valence-corrected chi connectivity index (χ1v) is 15.6. The molecule has 4 rings (SSSR count). The molecule has 2 aliphatic heterocycles. The summed E-state index contributed by atoms with van der Waals surface area (Å²) in [5.74, 6) is 0.0624. The lowest BCUT2D eigenvalue weighted by Crippen LogP contribution is -2.69. The Labute approximate surface area is 262 Å². The van der Waals surface area contributed by atoms with Crippen LogP contribution in [0.2, 0.25) is 0 Å². The van der Waals surface area contributed by atoms with E-state index in [0.717, 1.165) is 6.42 Å². The Morgan fingerprint density at radius 3 is 2.42 bits per heavy atom. The Hall–Kier alpha value is -1.55. The van der Waals surface area contributed by atoms with Crippen LogP contribution in [0.4, 0.5) is 0 Å². The highest BCUT2D eigenvalue weighted by Crippen LogP contribution is 2.32. The monoisotopic (exact) mass is 647 g/mol. The van der Waals surface area contributed by atoms with Gasteiger partial charge in [0, 0.05) is 18.6 Å². The Bertz CT molecular complexity index is 1000. The molecule has 1 saturated heterocycles. The summed E-state index contributed by atoms with van der Waals surface area (Å²) >= 11 is 0. The fourth-order valence-electron chi connectivity index (χ4n) is 6.63. The number of aliphatic hydroxyl groups is 5. The third-order valence-corrected chi connectivity index (χ3v) is 9.24. The standard InChI is InChI=1S/C28H53N7O10/c1-28(41)11-42-27(21(39)24(28)33-2)45-23-17(35-25(40)19(37)8-29)7-16(32)22(20(23)38)44-26-14(30)4-3-13(43-26)10-34-9-12-5-15(31)18(36)6-12/h3,12,14-24,26-27,33-34,36-39,41H,4-11,29-32H2,1-2H3,(H,35,40)/t12-,14+,15+,16-,17+,18-,19-,20-,21+,22+,23-,24+,26+,27+,28-/m0/s1. The van der Waals surface area contributed by atoms with Crippen molar-refractivity contribution in [2.45, 2.75) is 118 Å². The molecule has 17 nitrogen and oxygen atoms in total.